The zero-order valence-electron chi connectivity index (χ0n) is 15.9. The number of nitrogens with one attached hydrogen (secondary N) is 1. The van der Waals surface area contributed by atoms with Crippen LogP contribution in [0.25, 0.3) is 0 Å². The van der Waals surface area contributed by atoms with E-state index < -0.39 is 4.92 Å². The van der Waals surface area contributed by atoms with E-state index >= 15 is 0 Å². The van der Waals surface area contributed by atoms with E-state index in [2.05, 4.69) is 15.3 Å². The van der Waals surface area contributed by atoms with Crippen LogP contribution >= 0.6 is 0 Å². The van der Waals surface area contributed by atoms with E-state index in [0.717, 1.165) is 11.3 Å². The molecule has 3 rings (SSSR count). The van der Waals surface area contributed by atoms with Crippen molar-refractivity contribution in [3.8, 4) is 0 Å². The maximum Gasteiger partial charge on any atom is 0.353 e. The standard InChI is InChI=1S/C18H24N6O3/c1-10-5-6-14(7-11(10)2)20-18-21-16(19)15(24(25)26)17(22-18)23-8-12(3)27-13(4)9-23/h5-7,12-13H,8-9H2,1-4H3,(H3,19,20,21,22)/t12-,13-/m1/s1. The molecule has 27 heavy (non-hydrogen) atoms. The van der Waals surface area contributed by atoms with Gasteiger partial charge in [-0.2, -0.15) is 9.97 Å². The first-order chi connectivity index (χ1) is 12.7. The van der Waals surface area contributed by atoms with Crippen LogP contribution in [-0.2, 0) is 4.74 Å². The first-order valence-electron chi connectivity index (χ1n) is 8.81. The molecule has 1 fully saturated rings. The van der Waals surface area contributed by atoms with Crippen molar-refractivity contribution in [3.05, 3.63) is 39.4 Å². The maximum absolute atomic E-state index is 11.6. The fraction of sp³-hybridized carbons (Fsp3) is 0.444. The van der Waals surface area contributed by atoms with Crippen molar-refractivity contribution >= 4 is 29.0 Å². The number of hydrogen-bond acceptors (Lipinski definition) is 8. The molecule has 2 aromatic rings. The lowest BCUT2D eigenvalue weighted by Crippen LogP contribution is -2.46. The molecule has 1 aromatic carbocycles. The van der Waals surface area contributed by atoms with Crippen LogP contribution in [0.4, 0.5) is 29.0 Å². The van der Waals surface area contributed by atoms with Crippen molar-refractivity contribution in [2.45, 2.75) is 39.9 Å². The highest BCUT2D eigenvalue weighted by Crippen LogP contribution is 2.34. The van der Waals surface area contributed by atoms with E-state index in [1.165, 1.54) is 5.56 Å². The number of aromatic nitrogens is 2. The molecule has 1 aromatic heterocycles. The molecule has 0 radical (unpaired) electrons. The number of morpholine rings is 1. The largest absolute Gasteiger partial charge is 0.378 e. The Morgan fingerprint density at radius 2 is 1.89 bits per heavy atom. The van der Waals surface area contributed by atoms with Gasteiger partial charge in [0, 0.05) is 18.8 Å². The summed E-state index contributed by atoms with van der Waals surface area (Å²) in [5, 5.41) is 14.7. The highest BCUT2D eigenvalue weighted by atomic mass is 16.6. The SMILES string of the molecule is Cc1ccc(Nc2nc(N)c([N+](=O)[O-])c(N3C[C@@H](C)O[C@H](C)C3)n2)cc1C. The third kappa shape index (κ3) is 4.08. The molecule has 9 heteroatoms. The summed E-state index contributed by atoms with van der Waals surface area (Å²) in [7, 11) is 0. The zero-order valence-corrected chi connectivity index (χ0v) is 15.9. The van der Waals surface area contributed by atoms with Crippen molar-refractivity contribution in [2.75, 3.05) is 29.0 Å². The minimum atomic E-state index is -0.532. The molecule has 0 amide bonds. The molecule has 0 bridgehead atoms. The minimum Gasteiger partial charge on any atom is -0.378 e. The Labute approximate surface area is 157 Å². The van der Waals surface area contributed by atoms with Crippen LogP contribution in [0.5, 0.6) is 0 Å². The summed E-state index contributed by atoms with van der Waals surface area (Å²) in [4.78, 5) is 21.4. The predicted molar refractivity (Wildman–Crippen MR) is 105 cm³/mol. The number of nitrogen functional groups attached to an aromatic ring is 1. The molecule has 3 N–H and O–H groups in total. The summed E-state index contributed by atoms with van der Waals surface area (Å²) in [6.45, 7) is 8.86. The molecule has 0 aliphatic carbocycles. The second kappa shape index (κ2) is 7.36. The molecule has 9 nitrogen and oxygen atoms in total. The Morgan fingerprint density at radius 3 is 2.48 bits per heavy atom. The highest BCUT2D eigenvalue weighted by molar-refractivity contribution is 5.72. The average Bonchev–Trinajstić information content (AvgIpc) is 2.56. The highest BCUT2D eigenvalue weighted by Gasteiger charge is 2.32. The van der Waals surface area contributed by atoms with Crippen LogP contribution in [0.3, 0.4) is 0 Å². The summed E-state index contributed by atoms with van der Waals surface area (Å²) in [5.74, 6) is 0.270. The molecule has 1 aliphatic heterocycles. The second-order valence-electron chi connectivity index (χ2n) is 6.95. The van der Waals surface area contributed by atoms with Crippen LogP contribution < -0.4 is 16.0 Å². The minimum absolute atomic E-state index is 0.0688. The Kier molecular flexibility index (Phi) is 5.13. The van der Waals surface area contributed by atoms with E-state index in [0.29, 0.717) is 13.1 Å². The quantitative estimate of drug-likeness (QED) is 0.621. The molecule has 144 valence electrons. The summed E-state index contributed by atoms with van der Waals surface area (Å²) in [5.41, 5.74) is 8.72. The van der Waals surface area contributed by atoms with Gasteiger partial charge in [-0.05, 0) is 51.0 Å². The normalized spacial score (nSPS) is 19.8. The lowest BCUT2D eigenvalue weighted by molar-refractivity contribution is -0.383. The molecule has 1 saturated heterocycles. The summed E-state index contributed by atoms with van der Waals surface area (Å²) in [6, 6.07) is 5.86. The van der Waals surface area contributed by atoms with Crippen LogP contribution in [0.15, 0.2) is 18.2 Å². The number of nitrogens with zero attached hydrogens (tertiary/aromatic N) is 4. The van der Waals surface area contributed by atoms with Gasteiger partial charge in [0.05, 0.1) is 17.1 Å². The van der Waals surface area contributed by atoms with Gasteiger partial charge in [0.15, 0.2) is 0 Å². The second-order valence-corrected chi connectivity index (χ2v) is 6.95. The number of anilines is 4. The lowest BCUT2D eigenvalue weighted by Gasteiger charge is -2.35. The first kappa shape index (κ1) is 18.8. The molecular weight excluding hydrogens is 348 g/mol. The molecule has 0 unspecified atom stereocenters. The van der Waals surface area contributed by atoms with Crippen molar-refractivity contribution in [1.82, 2.24) is 9.97 Å². The van der Waals surface area contributed by atoms with Gasteiger partial charge in [0.25, 0.3) is 0 Å². The molecule has 2 heterocycles. The Balaban J connectivity index is 2.00. The smallest absolute Gasteiger partial charge is 0.353 e. The summed E-state index contributed by atoms with van der Waals surface area (Å²) in [6.07, 6.45) is -0.138. The van der Waals surface area contributed by atoms with Gasteiger partial charge >= 0.3 is 5.69 Å². The van der Waals surface area contributed by atoms with Gasteiger partial charge in [-0.1, -0.05) is 6.07 Å². The zero-order chi connectivity index (χ0) is 19.7. The topological polar surface area (TPSA) is 119 Å². The maximum atomic E-state index is 11.6. The summed E-state index contributed by atoms with van der Waals surface area (Å²) < 4.78 is 5.72. The lowest BCUT2D eigenvalue weighted by atomic mass is 10.1. The van der Waals surface area contributed by atoms with Crippen molar-refractivity contribution in [1.29, 1.82) is 0 Å². The fourth-order valence-electron chi connectivity index (χ4n) is 3.21. The van der Waals surface area contributed by atoms with Crippen LogP contribution in [0, 0.1) is 24.0 Å². The number of hydrogen-bond donors (Lipinski definition) is 2. The third-order valence-corrected chi connectivity index (χ3v) is 4.56. The van der Waals surface area contributed by atoms with Crippen LogP contribution in [0.2, 0.25) is 0 Å². The van der Waals surface area contributed by atoms with E-state index in [1.54, 1.807) is 0 Å². The van der Waals surface area contributed by atoms with Gasteiger partial charge in [-0.25, -0.2) is 0 Å². The Hall–Kier alpha value is -2.94. The van der Waals surface area contributed by atoms with E-state index in [1.807, 2.05) is 50.8 Å². The van der Waals surface area contributed by atoms with Crippen molar-refractivity contribution < 1.29 is 9.66 Å². The molecule has 0 saturated carbocycles. The van der Waals surface area contributed by atoms with Gasteiger partial charge in [0.1, 0.15) is 0 Å². The number of ether oxygens (including phenoxy) is 1. The van der Waals surface area contributed by atoms with E-state index in [-0.39, 0.29) is 35.5 Å². The number of rotatable bonds is 4. The van der Waals surface area contributed by atoms with Gasteiger partial charge in [0.2, 0.25) is 17.6 Å². The number of nitrogens with two attached hydrogens (primary N) is 1. The van der Waals surface area contributed by atoms with Gasteiger partial charge in [-0.15, -0.1) is 0 Å². The molecule has 0 spiro atoms. The monoisotopic (exact) mass is 372 g/mol. The summed E-state index contributed by atoms with van der Waals surface area (Å²) >= 11 is 0. The van der Waals surface area contributed by atoms with E-state index in [4.69, 9.17) is 10.5 Å². The predicted octanol–water partition coefficient (Wildman–Crippen LogP) is 2.94. The fourth-order valence-corrected chi connectivity index (χ4v) is 3.21. The Morgan fingerprint density at radius 1 is 1.22 bits per heavy atom. The molecule has 1 aliphatic rings. The van der Waals surface area contributed by atoms with Crippen LogP contribution in [0.1, 0.15) is 25.0 Å². The third-order valence-electron chi connectivity index (χ3n) is 4.56. The molecule has 2 atom stereocenters. The first-order valence-corrected chi connectivity index (χ1v) is 8.81. The van der Waals surface area contributed by atoms with Crippen molar-refractivity contribution in [2.24, 2.45) is 0 Å². The number of nitro groups is 1. The van der Waals surface area contributed by atoms with Crippen LogP contribution in [-0.4, -0.2) is 40.2 Å². The van der Waals surface area contributed by atoms with Crippen molar-refractivity contribution in [3.63, 3.8) is 0 Å². The number of aryl methyl sites for hydroxylation is 2. The number of benzene rings is 1. The molecular formula is C18H24N6O3. The van der Waals surface area contributed by atoms with E-state index in [9.17, 15) is 10.1 Å². The Bertz CT molecular complexity index is 862. The average molecular weight is 372 g/mol. The van der Waals surface area contributed by atoms with Gasteiger partial charge in [-0.3, -0.25) is 10.1 Å². The van der Waals surface area contributed by atoms with Gasteiger partial charge < -0.3 is 20.7 Å².